The zero-order valence-electron chi connectivity index (χ0n) is 17.0. The Hall–Kier alpha value is -2.87. The standard InChI is InChI=1S/C21H26N2O6/c1-11(24)16-15-9-14(12-6-5-7-13(22)8-12)17(23(15)18(16)25)19(26)28-10-29-20(27)21(2,3)4/h5-8,11,15-16,24H,9-10,22H2,1-4H3/t11-,15-,16-/m1/s1. The van der Waals surface area contributed by atoms with Crippen LogP contribution in [0.2, 0.25) is 0 Å². The summed E-state index contributed by atoms with van der Waals surface area (Å²) in [5.74, 6) is -2.17. The van der Waals surface area contributed by atoms with Gasteiger partial charge in [-0.15, -0.1) is 0 Å². The van der Waals surface area contributed by atoms with Crippen molar-refractivity contribution in [2.45, 2.75) is 46.3 Å². The first-order valence-electron chi connectivity index (χ1n) is 9.47. The molecule has 0 aliphatic carbocycles. The van der Waals surface area contributed by atoms with E-state index in [2.05, 4.69) is 0 Å². The molecule has 2 aliphatic rings. The Morgan fingerprint density at radius 1 is 1.31 bits per heavy atom. The molecule has 0 unspecified atom stereocenters. The van der Waals surface area contributed by atoms with E-state index in [1.165, 1.54) is 4.90 Å². The van der Waals surface area contributed by atoms with E-state index in [-0.39, 0.29) is 17.6 Å². The van der Waals surface area contributed by atoms with Gasteiger partial charge in [-0.25, -0.2) is 4.79 Å². The molecule has 0 bridgehead atoms. The molecular weight excluding hydrogens is 376 g/mol. The number of esters is 2. The molecule has 3 atom stereocenters. The fraction of sp³-hybridized carbons (Fsp3) is 0.476. The summed E-state index contributed by atoms with van der Waals surface area (Å²) in [6, 6.07) is 6.68. The number of nitrogen functional groups attached to an aromatic ring is 1. The van der Waals surface area contributed by atoms with Gasteiger partial charge in [0, 0.05) is 5.69 Å². The Labute approximate surface area is 169 Å². The van der Waals surface area contributed by atoms with Crippen molar-refractivity contribution >= 4 is 29.1 Å². The van der Waals surface area contributed by atoms with E-state index < -0.39 is 36.2 Å². The first-order chi connectivity index (χ1) is 13.5. The van der Waals surface area contributed by atoms with Gasteiger partial charge in [-0.1, -0.05) is 12.1 Å². The second kappa shape index (κ2) is 7.51. The molecule has 156 valence electrons. The molecule has 1 aromatic carbocycles. The first kappa shape index (κ1) is 20.9. The molecular formula is C21H26N2O6. The van der Waals surface area contributed by atoms with Crippen molar-refractivity contribution in [1.29, 1.82) is 0 Å². The summed E-state index contributed by atoms with van der Waals surface area (Å²) in [6.45, 7) is 6.08. The topological polar surface area (TPSA) is 119 Å². The maximum absolute atomic E-state index is 12.8. The minimum atomic E-state index is -0.825. The van der Waals surface area contributed by atoms with Crippen LogP contribution in [0.3, 0.4) is 0 Å². The smallest absolute Gasteiger partial charge is 0.358 e. The Morgan fingerprint density at radius 2 is 2.00 bits per heavy atom. The van der Waals surface area contributed by atoms with Crippen LogP contribution in [0, 0.1) is 11.3 Å². The lowest BCUT2D eigenvalue weighted by Crippen LogP contribution is -2.61. The van der Waals surface area contributed by atoms with Gasteiger partial charge < -0.3 is 25.2 Å². The highest BCUT2D eigenvalue weighted by molar-refractivity contribution is 6.06. The molecule has 0 spiro atoms. The molecule has 0 aromatic heterocycles. The number of nitrogens with two attached hydrogens (primary N) is 1. The van der Waals surface area contributed by atoms with Crippen molar-refractivity contribution in [3.05, 3.63) is 35.5 Å². The SMILES string of the molecule is C[C@@H](O)[C@H]1C(=O)N2C(C(=O)OCOC(=O)C(C)(C)C)=C(c3cccc(N)c3)C[C@H]12. The lowest BCUT2D eigenvalue weighted by molar-refractivity contribution is -0.175. The number of fused-ring (bicyclic) bond motifs is 1. The van der Waals surface area contributed by atoms with Crippen molar-refractivity contribution in [2.75, 3.05) is 12.5 Å². The van der Waals surface area contributed by atoms with Gasteiger partial charge in [-0.2, -0.15) is 0 Å². The number of ether oxygens (including phenoxy) is 2. The second-order valence-electron chi connectivity index (χ2n) is 8.43. The van der Waals surface area contributed by atoms with Crippen LogP contribution in [0.1, 0.15) is 39.7 Å². The number of nitrogens with zero attached hydrogens (tertiary/aromatic N) is 1. The van der Waals surface area contributed by atoms with E-state index >= 15 is 0 Å². The van der Waals surface area contributed by atoms with Crippen LogP contribution < -0.4 is 5.73 Å². The molecule has 2 aliphatic heterocycles. The number of hydrogen-bond donors (Lipinski definition) is 2. The number of carbonyl (C=O) groups is 3. The average Bonchev–Trinajstić information content (AvgIpc) is 2.95. The third-order valence-electron chi connectivity index (χ3n) is 5.15. The fourth-order valence-electron chi connectivity index (χ4n) is 3.66. The van der Waals surface area contributed by atoms with Gasteiger partial charge in [0.2, 0.25) is 12.7 Å². The van der Waals surface area contributed by atoms with Crippen molar-refractivity contribution in [3.63, 3.8) is 0 Å². The van der Waals surface area contributed by atoms with Gasteiger partial charge in [0.1, 0.15) is 5.70 Å². The van der Waals surface area contributed by atoms with E-state index in [0.29, 0.717) is 23.2 Å². The predicted molar refractivity (Wildman–Crippen MR) is 105 cm³/mol. The molecule has 1 amide bonds. The Bertz CT molecular complexity index is 883. The zero-order valence-corrected chi connectivity index (χ0v) is 17.0. The van der Waals surface area contributed by atoms with E-state index in [0.717, 1.165) is 0 Å². The summed E-state index contributed by atoms with van der Waals surface area (Å²) in [5.41, 5.74) is 7.09. The van der Waals surface area contributed by atoms with Crippen LogP contribution in [0.4, 0.5) is 5.69 Å². The van der Waals surface area contributed by atoms with Gasteiger partial charge in [-0.3, -0.25) is 9.59 Å². The second-order valence-corrected chi connectivity index (χ2v) is 8.43. The molecule has 1 fully saturated rings. The number of β-lactam (4-membered cyclic amide) rings is 1. The normalized spacial score (nSPS) is 22.1. The summed E-state index contributed by atoms with van der Waals surface area (Å²) in [5, 5.41) is 9.93. The van der Waals surface area contributed by atoms with E-state index in [1.807, 2.05) is 0 Å². The summed E-state index contributed by atoms with van der Waals surface area (Å²) in [4.78, 5) is 38.6. The van der Waals surface area contributed by atoms with Gasteiger partial charge >= 0.3 is 11.9 Å². The first-order valence-corrected chi connectivity index (χ1v) is 9.47. The predicted octanol–water partition coefficient (Wildman–Crippen LogP) is 1.68. The van der Waals surface area contributed by atoms with Crippen LogP contribution in [0.15, 0.2) is 30.0 Å². The molecule has 29 heavy (non-hydrogen) atoms. The molecule has 3 rings (SSSR count). The van der Waals surface area contributed by atoms with Crippen LogP contribution in [-0.2, 0) is 23.9 Å². The molecule has 0 radical (unpaired) electrons. The van der Waals surface area contributed by atoms with Crippen LogP contribution in [0.25, 0.3) is 5.57 Å². The molecule has 1 saturated heterocycles. The number of amides is 1. The summed E-state index contributed by atoms with van der Waals surface area (Å²) >= 11 is 0. The Kier molecular flexibility index (Phi) is 5.40. The molecule has 0 saturated carbocycles. The highest BCUT2D eigenvalue weighted by Crippen LogP contribution is 2.47. The third kappa shape index (κ3) is 3.85. The number of benzene rings is 1. The number of hydrogen-bond acceptors (Lipinski definition) is 7. The lowest BCUT2D eigenvalue weighted by atomic mass is 9.82. The third-order valence-corrected chi connectivity index (χ3v) is 5.15. The summed E-state index contributed by atoms with van der Waals surface area (Å²) < 4.78 is 10.1. The van der Waals surface area contributed by atoms with Gasteiger partial charge in [0.25, 0.3) is 0 Å². The minimum Gasteiger partial charge on any atom is -0.427 e. The van der Waals surface area contributed by atoms with Crippen LogP contribution in [0.5, 0.6) is 0 Å². The zero-order chi connectivity index (χ0) is 21.5. The molecule has 1 aromatic rings. The maximum Gasteiger partial charge on any atom is 0.358 e. The van der Waals surface area contributed by atoms with E-state index in [4.69, 9.17) is 15.2 Å². The van der Waals surface area contributed by atoms with E-state index in [1.54, 1.807) is 52.0 Å². The highest BCUT2D eigenvalue weighted by atomic mass is 16.7. The van der Waals surface area contributed by atoms with Gasteiger partial charge in [0.15, 0.2) is 0 Å². The van der Waals surface area contributed by atoms with Crippen molar-refractivity contribution < 1.29 is 29.0 Å². The number of anilines is 1. The molecule has 8 heteroatoms. The highest BCUT2D eigenvalue weighted by Gasteiger charge is 2.57. The molecule has 8 nitrogen and oxygen atoms in total. The van der Waals surface area contributed by atoms with Gasteiger partial charge in [0.05, 0.1) is 23.5 Å². The Balaban J connectivity index is 1.85. The van der Waals surface area contributed by atoms with E-state index in [9.17, 15) is 19.5 Å². The van der Waals surface area contributed by atoms with Crippen molar-refractivity contribution in [1.82, 2.24) is 4.90 Å². The van der Waals surface area contributed by atoms with Crippen LogP contribution >= 0.6 is 0 Å². The number of carbonyl (C=O) groups excluding carboxylic acids is 3. The fourth-order valence-corrected chi connectivity index (χ4v) is 3.66. The quantitative estimate of drug-likeness (QED) is 0.333. The maximum atomic E-state index is 12.8. The average molecular weight is 402 g/mol. The van der Waals surface area contributed by atoms with Crippen molar-refractivity contribution in [3.8, 4) is 0 Å². The van der Waals surface area contributed by atoms with Crippen molar-refractivity contribution in [2.24, 2.45) is 11.3 Å². The number of aliphatic hydroxyl groups excluding tert-OH is 1. The number of rotatable bonds is 5. The summed E-state index contributed by atoms with van der Waals surface area (Å²) in [6.07, 6.45) is -0.425. The summed E-state index contributed by atoms with van der Waals surface area (Å²) in [7, 11) is 0. The molecule has 3 N–H and O–H groups in total. The monoisotopic (exact) mass is 402 g/mol. The minimum absolute atomic E-state index is 0.106. The largest absolute Gasteiger partial charge is 0.427 e. The lowest BCUT2D eigenvalue weighted by Gasteiger charge is -2.44. The van der Waals surface area contributed by atoms with Crippen LogP contribution in [-0.4, -0.2) is 46.8 Å². The molecule has 2 heterocycles. The Morgan fingerprint density at radius 3 is 2.59 bits per heavy atom. The van der Waals surface area contributed by atoms with Gasteiger partial charge in [-0.05, 0) is 57.4 Å². The number of aliphatic hydroxyl groups is 1.